The van der Waals surface area contributed by atoms with Crippen LogP contribution in [0.1, 0.15) is 15.2 Å². The van der Waals surface area contributed by atoms with E-state index in [1.165, 1.54) is 0 Å². The lowest BCUT2D eigenvalue weighted by molar-refractivity contribution is 0.0697. The maximum absolute atomic E-state index is 10.9. The minimum atomic E-state index is -0.938. The van der Waals surface area contributed by atoms with Gasteiger partial charge in [-0.25, -0.2) is 14.8 Å². The number of benzene rings is 1. The second kappa shape index (κ2) is 6.03. The molecule has 4 aromatic rings. The summed E-state index contributed by atoms with van der Waals surface area (Å²) in [5.74, 6) is -0.938. The Kier molecular flexibility index (Phi) is 3.70. The number of carboxylic acid groups (broad SMARTS) is 1. The number of nitrogens with zero attached hydrogens (tertiary/aromatic N) is 3. The van der Waals surface area contributed by atoms with E-state index in [2.05, 4.69) is 15.3 Å². The van der Waals surface area contributed by atoms with Gasteiger partial charge in [-0.05, 0) is 43.3 Å². The summed E-state index contributed by atoms with van der Waals surface area (Å²) < 4.78 is 2.01. The first-order valence-electron chi connectivity index (χ1n) is 7.62. The van der Waals surface area contributed by atoms with Crippen molar-refractivity contribution in [2.45, 2.75) is 6.92 Å². The number of aryl methyl sites for hydroxylation is 1. The van der Waals surface area contributed by atoms with E-state index in [1.807, 2.05) is 41.9 Å². The molecule has 1 aromatic carbocycles. The zero-order valence-corrected chi connectivity index (χ0v) is 14.1. The minimum absolute atomic E-state index is 0.257. The van der Waals surface area contributed by atoms with Gasteiger partial charge < -0.3 is 10.4 Å². The molecule has 0 spiro atoms. The van der Waals surface area contributed by atoms with Gasteiger partial charge in [0.1, 0.15) is 11.3 Å². The summed E-state index contributed by atoms with van der Waals surface area (Å²) in [6.07, 6.45) is 3.79. The molecule has 0 radical (unpaired) electrons. The molecule has 0 unspecified atom stereocenters. The predicted molar refractivity (Wildman–Crippen MR) is 97.7 cm³/mol. The average molecular weight is 350 g/mol. The number of carbonyl (C=O) groups is 1. The summed E-state index contributed by atoms with van der Waals surface area (Å²) in [5, 5.41) is 12.9. The van der Waals surface area contributed by atoms with Crippen LogP contribution in [0.5, 0.6) is 0 Å². The number of anilines is 2. The lowest BCUT2D eigenvalue weighted by Gasteiger charge is -2.02. The van der Waals surface area contributed by atoms with E-state index in [9.17, 15) is 4.79 Å². The van der Waals surface area contributed by atoms with Crippen LogP contribution in [0.15, 0.2) is 54.9 Å². The smallest absolute Gasteiger partial charge is 0.335 e. The van der Waals surface area contributed by atoms with Gasteiger partial charge in [0.15, 0.2) is 5.13 Å². The third-order valence-electron chi connectivity index (χ3n) is 3.84. The molecule has 0 saturated carbocycles. The molecule has 0 fully saturated rings. The first kappa shape index (κ1) is 15.3. The van der Waals surface area contributed by atoms with Crippen molar-refractivity contribution in [2.24, 2.45) is 0 Å². The van der Waals surface area contributed by atoms with E-state index in [0.717, 1.165) is 32.7 Å². The van der Waals surface area contributed by atoms with E-state index in [1.54, 1.807) is 35.6 Å². The van der Waals surface area contributed by atoms with Crippen molar-refractivity contribution in [3.8, 4) is 11.4 Å². The Morgan fingerprint density at radius 1 is 1.20 bits per heavy atom. The van der Waals surface area contributed by atoms with E-state index in [4.69, 9.17) is 5.11 Å². The fourth-order valence-corrected chi connectivity index (χ4v) is 3.46. The number of fused-ring (bicyclic) bond motifs is 1. The van der Waals surface area contributed by atoms with E-state index < -0.39 is 5.97 Å². The van der Waals surface area contributed by atoms with Crippen LogP contribution in [-0.2, 0) is 0 Å². The summed E-state index contributed by atoms with van der Waals surface area (Å²) in [4.78, 5) is 21.1. The van der Waals surface area contributed by atoms with Crippen LogP contribution in [0.3, 0.4) is 0 Å². The Hall–Kier alpha value is -3.19. The number of carboxylic acids is 1. The Morgan fingerprint density at radius 2 is 2.00 bits per heavy atom. The molecule has 25 heavy (non-hydrogen) atoms. The van der Waals surface area contributed by atoms with Crippen molar-refractivity contribution in [1.29, 1.82) is 0 Å². The second-order valence-corrected chi connectivity index (χ2v) is 6.71. The molecule has 0 aliphatic heterocycles. The number of nitrogens with one attached hydrogen (secondary N) is 1. The van der Waals surface area contributed by atoms with Gasteiger partial charge in [0.05, 0.1) is 17.5 Å². The molecule has 0 saturated heterocycles. The van der Waals surface area contributed by atoms with Gasteiger partial charge in [-0.15, -0.1) is 11.3 Å². The molecule has 0 atom stereocenters. The molecular weight excluding hydrogens is 336 g/mol. The molecule has 0 aliphatic rings. The number of rotatable bonds is 4. The molecule has 4 rings (SSSR count). The first-order valence-corrected chi connectivity index (χ1v) is 8.44. The highest BCUT2D eigenvalue weighted by molar-refractivity contribution is 7.16. The van der Waals surface area contributed by atoms with Gasteiger partial charge in [0.2, 0.25) is 0 Å². The largest absolute Gasteiger partial charge is 0.478 e. The summed E-state index contributed by atoms with van der Waals surface area (Å²) in [6, 6.07) is 12.5. The van der Waals surface area contributed by atoms with Gasteiger partial charge >= 0.3 is 5.97 Å². The predicted octanol–water partition coefficient (Wildman–Crippen LogP) is 4.21. The number of aromatic carboxylic acids is 1. The highest BCUT2D eigenvalue weighted by Gasteiger charge is 2.14. The number of pyridine rings is 1. The van der Waals surface area contributed by atoms with Crippen LogP contribution in [-0.4, -0.2) is 25.4 Å². The molecule has 6 nitrogen and oxygen atoms in total. The zero-order chi connectivity index (χ0) is 17.4. The van der Waals surface area contributed by atoms with Crippen LogP contribution in [0.4, 0.5) is 10.8 Å². The van der Waals surface area contributed by atoms with Crippen molar-refractivity contribution < 1.29 is 9.90 Å². The van der Waals surface area contributed by atoms with Gasteiger partial charge in [-0.1, -0.05) is 6.07 Å². The van der Waals surface area contributed by atoms with Gasteiger partial charge in [-0.3, -0.25) is 4.40 Å². The third-order valence-corrected chi connectivity index (χ3v) is 4.73. The number of aromatic nitrogens is 3. The summed E-state index contributed by atoms with van der Waals surface area (Å²) in [6.45, 7) is 2.02. The summed E-state index contributed by atoms with van der Waals surface area (Å²) >= 11 is 1.55. The normalized spacial score (nSPS) is 10.9. The van der Waals surface area contributed by atoms with E-state index in [0.29, 0.717) is 0 Å². The Bertz CT molecular complexity index is 1070. The second-order valence-electron chi connectivity index (χ2n) is 5.50. The number of thiazole rings is 1. The molecule has 3 aromatic heterocycles. The topological polar surface area (TPSA) is 79.5 Å². The molecule has 7 heteroatoms. The van der Waals surface area contributed by atoms with Crippen molar-refractivity contribution >= 4 is 33.8 Å². The van der Waals surface area contributed by atoms with Gasteiger partial charge in [0, 0.05) is 16.8 Å². The molecule has 0 amide bonds. The highest BCUT2D eigenvalue weighted by Crippen LogP contribution is 2.32. The molecular formula is C18H14N4O2S. The van der Waals surface area contributed by atoms with Gasteiger partial charge in [0.25, 0.3) is 0 Å². The standard InChI is InChI=1S/C18H14N4O2S/c1-11-16(14-10-19-15-4-2-3-9-22(14)15)21-18(25-11)20-13-7-5-12(6-8-13)17(23)24/h2-10H,1H3,(H,20,21)(H,23,24). The van der Waals surface area contributed by atoms with Gasteiger partial charge in [-0.2, -0.15) is 0 Å². The molecule has 124 valence electrons. The van der Waals surface area contributed by atoms with Crippen LogP contribution in [0, 0.1) is 6.92 Å². The van der Waals surface area contributed by atoms with Crippen molar-refractivity contribution in [2.75, 3.05) is 5.32 Å². The third kappa shape index (κ3) is 2.85. The quantitative estimate of drug-likeness (QED) is 0.576. The number of hydrogen-bond acceptors (Lipinski definition) is 5. The van der Waals surface area contributed by atoms with Crippen LogP contribution < -0.4 is 5.32 Å². The van der Waals surface area contributed by atoms with Crippen molar-refractivity contribution in [1.82, 2.24) is 14.4 Å². The SMILES string of the molecule is Cc1sc(Nc2ccc(C(=O)O)cc2)nc1-c1cnc2ccccn12. The van der Waals surface area contributed by atoms with Crippen LogP contribution in [0.2, 0.25) is 0 Å². The van der Waals surface area contributed by atoms with Crippen LogP contribution in [0.25, 0.3) is 17.0 Å². The Morgan fingerprint density at radius 3 is 2.76 bits per heavy atom. The highest BCUT2D eigenvalue weighted by atomic mass is 32.1. The van der Waals surface area contributed by atoms with Crippen molar-refractivity contribution in [3.05, 3.63) is 65.3 Å². The average Bonchev–Trinajstić information content (AvgIpc) is 3.18. The molecule has 0 aliphatic carbocycles. The maximum Gasteiger partial charge on any atom is 0.335 e. The zero-order valence-electron chi connectivity index (χ0n) is 13.3. The minimum Gasteiger partial charge on any atom is -0.478 e. The lowest BCUT2D eigenvalue weighted by atomic mass is 10.2. The number of hydrogen-bond donors (Lipinski definition) is 2. The fourth-order valence-electron chi connectivity index (χ4n) is 2.61. The summed E-state index contributed by atoms with van der Waals surface area (Å²) in [7, 11) is 0. The summed E-state index contributed by atoms with van der Waals surface area (Å²) in [5.41, 5.74) is 3.76. The van der Waals surface area contributed by atoms with Crippen LogP contribution >= 0.6 is 11.3 Å². The van der Waals surface area contributed by atoms with E-state index in [-0.39, 0.29) is 5.56 Å². The molecule has 2 N–H and O–H groups in total. The molecule has 0 bridgehead atoms. The van der Waals surface area contributed by atoms with E-state index >= 15 is 0 Å². The maximum atomic E-state index is 10.9. The Balaban J connectivity index is 1.65. The number of imidazole rings is 1. The first-order chi connectivity index (χ1) is 12.1. The monoisotopic (exact) mass is 350 g/mol. The lowest BCUT2D eigenvalue weighted by Crippen LogP contribution is -1.96. The Labute approximate surface area is 147 Å². The fraction of sp³-hybridized carbons (Fsp3) is 0.0556. The molecule has 3 heterocycles. The van der Waals surface area contributed by atoms with Crippen molar-refractivity contribution in [3.63, 3.8) is 0 Å².